The standard InChI is InChI=1S/C14H20N2O2/c1-10-3-2-4-11(5-10)9-18-14(17)12-6-13(15)8-16-7-12/h6-8,10-11H,2-5,9,15H2,1H3. The maximum absolute atomic E-state index is 11.8. The van der Waals surface area contributed by atoms with Gasteiger partial charge in [0.25, 0.3) is 0 Å². The number of nitrogens with two attached hydrogens (primary N) is 1. The first kappa shape index (κ1) is 12.9. The van der Waals surface area contributed by atoms with E-state index in [4.69, 9.17) is 10.5 Å². The van der Waals surface area contributed by atoms with Crippen molar-refractivity contribution in [3.05, 3.63) is 24.0 Å². The van der Waals surface area contributed by atoms with Crippen LogP contribution in [0.15, 0.2) is 18.5 Å². The van der Waals surface area contributed by atoms with Crippen molar-refractivity contribution in [3.63, 3.8) is 0 Å². The van der Waals surface area contributed by atoms with E-state index in [0.29, 0.717) is 23.8 Å². The number of hydrogen-bond donors (Lipinski definition) is 1. The first-order valence-electron chi connectivity index (χ1n) is 6.53. The van der Waals surface area contributed by atoms with Gasteiger partial charge in [-0.1, -0.05) is 19.8 Å². The van der Waals surface area contributed by atoms with E-state index in [-0.39, 0.29) is 5.97 Å². The van der Waals surface area contributed by atoms with E-state index in [1.54, 1.807) is 6.07 Å². The number of carbonyl (C=O) groups excluding carboxylic acids is 1. The molecule has 98 valence electrons. The normalized spacial score (nSPS) is 23.6. The van der Waals surface area contributed by atoms with Crippen molar-refractivity contribution >= 4 is 11.7 Å². The van der Waals surface area contributed by atoms with Crippen molar-refractivity contribution in [1.29, 1.82) is 0 Å². The molecule has 0 aliphatic heterocycles. The summed E-state index contributed by atoms with van der Waals surface area (Å²) < 4.78 is 5.34. The maximum Gasteiger partial charge on any atom is 0.339 e. The number of carbonyl (C=O) groups is 1. The third kappa shape index (κ3) is 3.45. The number of anilines is 1. The Balaban J connectivity index is 1.84. The Hall–Kier alpha value is -1.58. The predicted octanol–water partition coefficient (Wildman–Crippen LogP) is 2.65. The molecule has 1 saturated carbocycles. The molecule has 0 saturated heterocycles. The van der Waals surface area contributed by atoms with Gasteiger partial charge in [-0.15, -0.1) is 0 Å². The molecule has 0 aromatic carbocycles. The number of nitrogens with zero attached hydrogens (tertiary/aromatic N) is 1. The summed E-state index contributed by atoms with van der Waals surface area (Å²) in [6.45, 7) is 2.77. The van der Waals surface area contributed by atoms with E-state index in [0.717, 1.165) is 18.8 Å². The van der Waals surface area contributed by atoms with Gasteiger partial charge in [-0.05, 0) is 30.7 Å². The third-order valence-electron chi connectivity index (χ3n) is 3.49. The summed E-state index contributed by atoms with van der Waals surface area (Å²) in [6.07, 6.45) is 7.85. The van der Waals surface area contributed by atoms with E-state index in [1.165, 1.54) is 25.2 Å². The van der Waals surface area contributed by atoms with Gasteiger partial charge in [0.05, 0.1) is 17.9 Å². The van der Waals surface area contributed by atoms with Gasteiger partial charge in [-0.3, -0.25) is 4.98 Å². The predicted molar refractivity (Wildman–Crippen MR) is 70.1 cm³/mol. The van der Waals surface area contributed by atoms with Crippen LogP contribution in [0.5, 0.6) is 0 Å². The van der Waals surface area contributed by atoms with E-state index in [1.807, 2.05) is 0 Å². The van der Waals surface area contributed by atoms with Gasteiger partial charge in [-0.25, -0.2) is 4.79 Å². The molecule has 18 heavy (non-hydrogen) atoms. The van der Waals surface area contributed by atoms with Crippen molar-refractivity contribution in [2.45, 2.75) is 32.6 Å². The van der Waals surface area contributed by atoms with E-state index < -0.39 is 0 Å². The van der Waals surface area contributed by atoms with Crippen LogP contribution in [0.3, 0.4) is 0 Å². The molecule has 0 amide bonds. The zero-order chi connectivity index (χ0) is 13.0. The lowest BCUT2D eigenvalue weighted by Crippen LogP contribution is -2.20. The van der Waals surface area contributed by atoms with Crippen LogP contribution in [-0.2, 0) is 4.74 Å². The molecule has 1 aromatic heterocycles. The minimum absolute atomic E-state index is 0.326. The van der Waals surface area contributed by atoms with Crippen LogP contribution in [0.25, 0.3) is 0 Å². The fraction of sp³-hybridized carbons (Fsp3) is 0.571. The highest BCUT2D eigenvalue weighted by molar-refractivity contribution is 5.89. The van der Waals surface area contributed by atoms with Crippen LogP contribution in [0.4, 0.5) is 5.69 Å². The molecular formula is C14H20N2O2. The van der Waals surface area contributed by atoms with Crippen molar-refractivity contribution in [1.82, 2.24) is 4.98 Å². The highest BCUT2D eigenvalue weighted by atomic mass is 16.5. The zero-order valence-corrected chi connectivity index (χ0v) is 10.8. The van der Waals surface area contributed by atoms with E-state index >= 15 is 0 Å². The van der Waals surface area contributed by atoms with Gasteiger partial charge >= 0.3 is 5.97 Å². The molecule has 4 heteroatoms. The summed E-state index contributed by atoms with van der Waals surface area (Å²) in [5, 5.41) is 0. The molecule has 0 radical (unpaired) electrons. The number of ether oxygens (including phenoxy) is 1. The summed E-state index contributed by atoms with van der Waals surface area (Å²) in [7, 11) is 0. The average molecular weight is 248 g/mol. The Morgan fingerprint density at radius 1 is 1.50 bits per heavy atom. The van der Waals surface area contributed by atoms with Crippen LogP contribution in [0.2, 0.25) is 0 Å². The summed E-state index contributed by atoms with van der Waals surface area (Å²) in [5.74, 6) is 0.927. The molecule has 2 atom stereocenters. The number of hydrogen-bond acceptors (Lipinski definition) is 4. The molecule has 2 N–H and O–H groups in total. The Kier molecular flexibility index (Phi) is 4.18. The Morgan fingerprint density at radius 3 is 3.06 bits per heavy atom. The molecule has 2 unspecified atom stereocenters. The topological polar surface area (TPSA) is 65.2 Å². The maximum atomic E-state index is 11.8. The number of esters is 1. The second kappa shape index (κ2) is 5.85. The Labute approximate surface area is 108 Å². The lowest BCUT2D eigenvalue weighted by atomic mass is 9.83. The minimum Gasteiger partial charge on any atom is -0.462 e. The molecule has 0 bridgehead atoms. The monoisotopic (exact) mass is 248 g/mol. The van der Waals surface area contributed by atoms with Gasteiger partial charge in [0.1, 0.15) is 0 Å². The van der Waals surface area contributed by atoms with Gasteiger partial charge in [-0.2, -0.15) is 0 Å². The molecular weight excluding hydrogens is 228 g/mol. The Morgan fingerprint density at radius 2 is 2.33 bits per heavy atom. The SMILES string of the molecule is CC1CCCC(COC(=O)c2cncc(N)c2)C1. The largest absolute Gasteiger partial charge is 0.462 e. The molecule has 1 aliphatic carbocycles. The van der Waals surface area contributed by atoms with Crippen LogP contribution in [0.1, 0.15) is 43.0 Å². The van der Waals surface area contributed by atoms with Crippen molar-refractivity contribution in [2.75, 3.05) is 12.3 Å². The molecule has 1 heterocycles. The number of nitrogen functional groups attached to an aromatic ring is 1. The van der Waals surface area contributed by atoms with Crippen molar-refractivity contribution in [3.8, 4) is 0 Å². The highest BCUT2D eigenvalue weighted by Crippen LogP contribution is 2.28. The van der Waals surface area contributed by atoms with Gasteiger partial charge in [0.2, 0.25) is 0 Å². The number of pyridine rings is 1. The van der Waals surface area contributed by atoms with Crippen LogP contribution < -0.4 is 5.73 Å². The second-order valence-electron chi connectivity index (χ2n) is 5.24. The summed E-state index contributed by atoms with van der Waals surface area (Å²) in [4.78, 5) is 15.7. The second-order valence-corrected chi connectivity index (χ2v) is 5.24. The summed E-state index contributed by atoms with van der Waals surface area (Å²) in [5.41, 5.74) is 6.49. The number of aromatic nitrogens is 1. The quantitative estimate of drug-likeness (QED) is 0.835. The molecule has 2 rings (SSSR count). The third-order valence-corrected chi connectivity index (χ3v) is 3.49. The van der Waals surface area contributed by atoms with Gasteiger partial charge < -0.3 is 10.5 Å². The van der Waals surface area contributed by atoms with Crippen LogP contribution in [0, 0.1) is 11.8 Å². The molecule has 0 spiro atoms. The summed E-state index contributed by atoms with van der Waals surface area (Å²) >= 11 is 0. The fourth-order valence-electron chi connectivity index (χ4n) is 2.56. The zero-order valence-electron chi connectivity index (χ0n) is 10.8. The van der Waals surface area contributed by atoms with Gasteiger partial charge in [0.15, 0.2) is 0 Å². The number of rotatable bonds is 3. The van der Waals surface area contributed by atoms with E-state index in [9.17, 15) is 4.79 Å². The van der Waals surface area contributed by atoms with Crippen molar-refractivity contribution < 1.29 is 9.53 Å². The van der Waals surface area contributed by atoms with Crippen LogP contribution in [-0.4, -0.2) is 17.6 Å². The first-order valence-corrected chi connectivity index (χ1v) is 6.53. The van der Waals surface area contributed by atoms with Crippen LogP contribution >= 0.6 is 0 Å². The molecule has 1 aliphatic rings. The minimum atomic E-state index is -0.326. The highest BCUT2D eigenvalue weighted by Gasteiger charge is 2.20. The average Bonchev–Trinajstić information content (AvgIpc) is 2.36. The lowest BCUT2D eigenvalue weighted by molar-refractivity contribution is 0.0390. The molecule has 4 nitrogen and oxygen atoms in total. The van der Waals surface area contributed by atoms with E-state index in [2.05, 4.69) is 11.9 Å². The Bertz CT molecular complexity index is 420. The smallest absolute Gasteiger partial charge is 0.339 e. The first-order chi connectivity index (χ1) is 8.65. The molecule has 1 aromatic rings. The summed E-state index contributed by atoms with van der Waals surface area (Å²) in [6, 6.07) is 1.60. The fourth-order valence-corrected chi connectivity index (χ4v) is 2.56. The lowest BCUT2D eigenvalue weighted by Gasteiger charge is -2.26. The molecule has 1 fully saturated rings. The van der Waals surface area contributed by atoms with Gasteiger partial charge in [0, 0.05) is 12.4 Å². The van der Waals surface area contributed by atoms with Crippen molar-refractivity contribution in [2.24, 2.45) is 11.8 Å².